The molecule has 10 heteroatoms. The normalized spacial score (nSPS) is 22.6. The van der Waals surface area contributed by atoms with Crippen molar-refractivity contribution in [3.05, 3.63) is 58.6 Å². The van der Waals surface area contributed by atoms with Crippen LogP contribution < -0.4 is 10.2 Å². The van der Waals surface area contributed by atoms with E-state index in [4.69, 9.17) is 16.3 Å². The second-order valence-corrected chi connectivity index (χ2v) is 12.3. The lowest BCUT2D eigenvalue weighted by molar-refractivity contribution is -0.120. The number of nitrogens with zero attached hydrogens (tertiary/aromatic N) is 1. The lowest BCUT2D eigenvalue weighted by Gasteiger charge is -2.28. The topological polar surface area (TPSA) is 75.7 Å². The van der Waals surface area contributed by atoms with Crippen molar-refractivity contribution >= 4 is 46.8 Å². The summed E-state index contributed by atoms with van der Waals surface area (Å²) in [5.41, 5.74) is 0.794. The van der Waals surface area contributed by atoms with Crippen LogP contribution in [0.5, 0.6) is 0 Å². The number of Topliss-reactive ketones (excluding diaryl/α,β-unsaturated/α-hetero) is 1. The van der Waals surface area contributed by atoms with Crippen molar-refractivity contribution in [3.8, 4) is 0 Å². The van der Waals surface area contributed by atoms with E-state index in [0.29, 0.717) is 10.7 Å². The molecular weight excluding hydrogens is 522 g/mol. The lowest BCUT2D eigenvalue weighted by Crippen LogP contribution is -2.52. The third-order valence-corrected chi connectivity index (χ3v) is 7.69. The van der Waals surface area contributed by atoms with Crippen LogP contribution in [0, 0.1) is 5.92 Å². The molecule has 1 aliphatic heterocycles. The number of fused-ring (bicyclic) bond motifs is 1. The second-order valence-electron chi connectivity index (χ2n) is 10.5. The Balaban J connectivity index is 1.67. The highest BCUT2D eigenvalue weighted by molar-refractivity contribution is 8.00. The third kappa shape index (κ3) is 6.62. The van der Waals surface area contributed by atoms with E-state index < -0.39 is 35.4 Å². The summed E-state index contributed by atoms with van der Waals surface area (Å²) in [5, 5.41) is 2.90. The van der Waals surface area contributed by atoms with Crippen molar-refractivity contribution < 1.29 is 27.9 Å². The number of halogens is 3. The predicted molar refractivity (Wildman–Crippen MR) is 140 cm³/mol. The number of carbonyl (C=O) groups is 3. The first kappa shape index (κ1) is 27.4. The minimum atomic E-state index is -2.79. The monoisotopic (exact) mass is 550 g/mol. The lowest BCUT2D eigenvalue weighted by atomic mass is 10.0. The summed E-state index contributed by atoms with van der Waals surface area (Å²) in [4.78, 5) is 41.5. The van der Waals surface area contributed by atoms with E-state index in [1.54, 1.807) is 63.2 Å². The molecule has 2 amide bonds. The van der Waals surface area contributed by atoms with Crippen LogP contribution in [-0.4, -0.2) is 40.6 Å². The van der Waals surface area contributed by atoms with Crippen molar-refractivity contribution in [2.24, 2.45) is 5.92 Å². The summed E-state index contributed by atoms with van der Waals surface area (Å²) < 4.78 is 32.2. The number of anilines is 1. The van der Waals surface area contributed by atoms with E-state index in [1.807, 2.05) is 6.92 Å². The van der Waals surface area contributed by atoms with E-state index in [-0.39, 0.29) is 36.1 Å². The van der Waals surface area contributed by atoms with Gasteiger partial charge < -0.3 is 15.0 Å². The maximum Gasteiger partial charge on any atom is 0.408 e. The van der Waals surface area contributed by atoms with Crippen LogP contribution in [0.2, 0.25) is 5.02 Å². The molecule has 2 aromatic carbocycles. The van der Waals surface area contributed by atoms with Gasteiger partial charge in [-0.05, 0) is 50.6 Å². The highest BCUT2D eigenvalue weighted by Crippen LogP contribution is 2.51. The van der Waals surface area contributed by atoms with E-state index in [1.165, 1.54) is 16.7 Å². The Morgan fingerprint density at radius 2 is 1.84 bits per heavy atom. The first-order valence-corrected chi connectivity index (χ1v) is 13.3. The summed E-state index contributed by atoms with van der Waals surface area (Å²) in [6.45, 7) is 7.19. The van der Waals surface area contributed by atoms with Gasteiger partial charge in [-0.3, -0.25) is 9.59 Å². The Bertz CT molecular complexity index is 1220. The van der Waals surface area contributed by atoms with Crippen LogP contribution in [0.25, 0.3) is 0 Å². The molecule has 0 saturated heterocycles. The zero-order chi connectivity index (χ0) is 27.1. The van der Waals surface area contributed by atoms with Crippen molar-refractivity contribution in [3.63, 3.8) is 0 Å². The summed E-state index contributed by atoms with van der Waals surface area (Å²) in [7, 11) is 0. The molecule has 6 nitrogen and oxygen atoms in total. The van der Waals surface area contributed by atoms with Gasteiger partial charge in [-0.1, -0.05) is 36.7 Å². The zero-order valence-electron chi connectivity index (χ0n) is 21.0. The summed E-state index contributed by atoms with van der Waals surface area (Å²) in [6, 6.07) is 11.0. The molecule has 4 rings (SSSR count). The number of rotatable bonds is 6. The number of alkyl halides is 2. The van der Waals surface area contributed by atoms with Gasteiger partial charge >= 0.3 is 6.09 Å². The van der Waals surface area contributed by atoms with Gasteiger partial charge in [0.15, 0.2) is 5.78 Å². The van der Waals surface area contributed by atoms with Gasteiger partial charge in [-0.15, -0.1) is 11.8 Å². The van der Waals surface area contributed by atoms with Crippen LogP contribution in [0.1, 0.15) is 56.5 Å². The third-order valence-electron chi connectivity index (χ3n) is 6.20. The van der Waals surface area contributed by atoms with Gasteiger partial charge in [0.2, 0.25) is 0 Å². The molecule has 1 fully saturated rings. The molecule has 1 heterocycles. The fourth-order valence-corrected chi connectivity index (χ4v) is 5.42. The SMILES string of the molecule is C[C@H]1Sc2ccc(C(=O)CC3CC3(F)F)cc2N(Cc2ccc(Cl)cc2)C(=O)[C@H]1NC(=O)OC(C)(C)C. The molecule has 1 aliphatic carbocycles. The molecule has 0 bridgehead atoms. The number of ether oxygens (including phenoxy) is 1. The van der Waals surface area contributed by atoms with E-state index in [2.05, 4.69) is 5.32 Å². The van der Waals surface area contributed by atoms with E-state index in [9.17, 15) is 23.2 Å². The minimum absolute atomic E-state index is 0.154. The molecule has 1 saturated carbocycles. The number of nitrogens with one attached hydrogen (secondary N) is 1. The highest BCUT2D eigenvalue weighted by atomic mass is 35.5. The van der Waals surface area contributed by atoms with Crippen LogP contribution >= 0.6 is 23.4 Å². The second kappa shape index (κ2) is 10.3. The Morgan fingerprint density at radius 1 is 1.19 bits per heavy atom. The van der Waals surface area contributed by atoms with Crippen LogP contribution in [0.4, 0.5) is 19.3 Å². The van der Waals surface area contributed by atoms with Gasteiger partial charge in [-0.25, -0.2) is 13.6 Å². The molecule has 2 aromatic rings. The Hall–Kier alpha value is -2.65. The maximum absolute atomic E-state index is 13.9. The molecule has 198 valence electrons. The average molecular weight is 551 g/mol. The van der Waals surface area contributed by atoms with Crippen molar-refractivity contribution in [1.82, 2.24) is 5.32 Å². The first-order chi connectivity index (χ1) is 17.2. The fraction of sp³-hybridized carbons (Fsp3) is 0.444. The molecule has 1 unspecified atom stereocenters. The standard InChI is InChI=1S/C27H29ClF2N2O4S/c1-15-23(31-25(35)36-26(2,3)4)24(34)32(14-16-5-8-19(28)9-6-16)20-11-17(7-10-22(20)37-15)21(33)12-18-13-27(18,29)30/h5-11,15,18,23H,12-14H2,1-4H3,(H,31,35)/t15-,18?,23+/m1/s1. The van der Waals surface area contributed by atoms with E-state index >= 15 is 0 Å². The Kier molecular flexibility index (Phi) is 7.59. The largest absolute Gasteiger partial charge is 0.444 e. The van der Waals surface area contributed by atoms with E-state index in [0.717, 1.165) is 10.5 Å². The molecule has 0 spiro atoms. The molecule has 0 aromatic heterocycles. The quantitative estimate of drug-likeness (QED) is 0.416. The molecule has 2 aliphatic rings. The fourth-order valence-electron chi connectivity index (χ4n) is 4.14. The zero-order valence-corrected chi connectivity index (χ0v) is 22.6. The molecular formula is C27H29ClF2N2O4S. The number of carbonyl (C=O) groups excluding carboxylic acids is 3. The number of alkyl carbamates (subject to hydrolysis) is 1. The van der Waals surface area contributed by atoms with Crippen molar-refractivity contribution in [1.29, 1.82) is 0 Å². The van der Waals surface area contributed by atoms with Gasteiger partial charge in [0.1, 0.15) is 11.6 Å². The smallest absolute Gasteiger partial charge is 0.408 e. The van der Waals surface area contributed by atoms with Gasteiger partial charge in [0, 0.05) is 39.5 Å². The number of thioether (sulfide) groups is 1. The summed E-state index contributed by atoms with van der Waals surface area (Å²) in [6.07, 6.45) is -1.24. The number of ketones is 1. The maximum atomic E-state index is 13.9. The molecule has 1 N–H and O–H groups in total. The Labute approximate surface area is 224 Å². The van der Waals surface area contributed by atoms with Crippen LogP contribution in [0.3, 0.4) is 0 Å². The van der Waals surface area contributed by atoms with Crippen LogP contribution in [-0.2, 0) is 16.1 Å². The average Bonchev–Trinajstić information content (AvgIpc) is 3.42. The number of hydrogen-bond donors (Lipinski definition) is 1. The van der Waals surface area contributed by atoms with Crippen LogP contribution in [0.15, 0.2) is 47.4 Å². The highest BCUT2D eigenvalue weighted by Gasteiger charge is 2.57. The van der Waals surface area contributed by atoms with Crippen molar-refractivity contribution in [2.45, 2.75) is 74.8 Å². The predicted octanol–water partition coefficient (Wildman–Crippen LogP) is 6.49. The van der Waals surface area contributed by atoms with Crippen molar-refractivity contribution in [2.75, 3.05) is 4.90 Å². The molecule has 3 atom stereocenters. The summed E-state index contributed by atoms with van der Waals surface area (Å²) in [5.74, 6) is -4.50. The summed E-state index contributed by atoms with van der Waals surface area (Å²) >= 11 is 7.41. The van der Waals surface area contributed by atoms with Gasteiger partial charge in [-0.2, -0.15) is 0 Å². The Morgan fingerprint density at radius 3 is 2.43 bits per heavy atom. The van der Waals surface area contributed by atoms with Gasteiger partial charge in [0.25, 0.3) is 11.8 Å². The first-order valence-electron chi connectivity index (χ1n) is 12.0. The molecule has 37 heavy (non-hydrogen) atoms. The number of amides is 2. The van der Waals surface area contributed by atoms with Gasteiger partial charge in [0.05, 0.1) is 12.2 Å². The number of hydrogen-bond acceptors (Lipinski definition) is 5. The molecule has 0 radical (unpaired) electrons. The number of benzene rings is 2. The minimum Gasteiger partial charge on any atom is -0.444 e.